The van der Waals surface area contributed by atoms with E-state index in [-0.39, 0.29) is 11.8 Å². The van der Waals surface area contributed by atoms with E-state index in [9.17, 15) is 9.18 Å². The second kappa shape index (κ2) is 7.24. The average molecular weight is 324 g/mol. The first-order chi connectivity index (χ1) is 11.7. The third-order valence-corrected chi connectivity index (χ3v) is 4.05. The van der Waals surface area contributed by atoms with E-state index in [1.165, 1.54) is 18.9 Å². The fourth-order valence-electron chi connectivity index (χ4n) is 2.51. The van der Waals surface area contributed by atoms with Crippen LogP contribution in [0.5, 0.6) is 0 Å². The first kappa shape index (κ1) is 16.2. The highest BCUT2D eigenvalue weighted by atomic mass is 19.1. The van der Waals surface area contributed by atoms with E-state index in [4.69, 9.17) is 10.00 Å². The molecule has 0 radical (unpaired) electrons. The lowest BCUT2D eigenvalue weighted by molar-refractivity contribution is -0.105. The van der Waals surface area contributed by atoms with Crippen LogP contribution in [0.25, 0.3) is 0 Å². The molecule has 1 fully saturated rings. The minimum absolute atomic E-state index is 0.121. The normalized spacial score (nSPS) is 14.7. The number of hydrogen-bond donors (Lipinski definition) is 1. The summed E-state index contributed by atoms with van der Waals surface area (Å²) in [6.45, 7) is 0.637. The number of hydrogen-bond acceptors (Lipinski definition) is 3. The van der Waals surface area contributed by atoms with Crippen molar-refractivity contribution in [3.05, 3.63) is 65.0 Å². The molecule has 1 saturated carbocycles. The molecule has 4 nitrogen and oxygen atoms in total. The monoisotopic (exact) mass is 324 g/mol. The second-order valence-electron chi connectivity index (χ2n) is 5.89. The highest BCUT2D eigenvalue weighted by Crippen LogP contribution is 2.34. The van der Waals surface area contributed by atoms with Crippen molar-refractivity contribution in [2.75, 3.05) is 11.9 Å². The van der Waals surface area contributed by atoms with Gasteiger partial charge in [-0.05, 0) is 54.2 Å². The first-order valence-electron chi connectivity index (χ1n) is 7.82. The number of nitrogens with zero attached hydrogens (tertiary/aromatic N) is 1. The zero-order valence-electron chi connectivity index (χ0n) is 13.0. The molecule has 0 spiro atoms. The van der Waals surface area contributed by atoms with E-state index in [1.807, 2.05) is 12.1 Å². The van der Waals surface area contributed by atoms with Crippen molar-refractivity contribution >= 4 is 12.1 Å². The third kappa shape index (κ3) is 3.79. The van der Waals surface area contributed by atoms with Crippen LogP contribution in [0, 0.1) is 23.1 Å². The van der Waals surface area contributed by atoms with Crippen LogP contribution < -0.4 is 5.32 Å². The number of nitrogens with one attached hydrogen (secondary N) is 1. The SMILES string of the molecule is N#Cc1ccc(C(OCC2CC2)c2ccc(F)c(NC=O)c2)cc1. The van der Waals surface area contributed by atoms with Gasteiger partial charge in [0.15, 0.2) is 0 Å². The molecule has 122 valence electrons. The molecule has 1 aliphatic rings. The zero-order chi connectivity index (χ0) is 16.9. The van der Waals surface area contributed by atoms with E-state index < -0.39 is 5.82 Å². The van der Waals surface area contributed by atoms with Gasteiger partial charge in [-0.25, -0.2) is 4.39 Å². The Morgan fingerprint density at radius 1 is 1.25 bits per heavy atom. The number of carbonyl (C=O) groups excluding carboxylic acids is 1. The van der Waals surface area contributed by atoms with Crippen LogP contribution in [0.2, 0.25) is 0 Å². The van der Waals surface area contributed by atoms with Gasteiger partial charge >= 0.3 is 0 Å². The smallest absolute Gasteiger partial charge is 0.211 e. The average Bonchev–Trinajstić information content (AvgIpc) is 3.43. The number of ether oxygens (including phenoxy) is 1. The molecule has 1 aliphatic carbocycles. The van der Waals surface area contributed by atoms with Gasteiger partial charge in [-0.3, -0.25) is 4.79 Å². The first-order valence-corrected chi connectivity index (χ1v) is 7.82. The molecule has 24 heavy (non-hydrogen) atoms. The summed E-state index contributed by atoms with van der Waals surface area (Å²) < 4.78 is 19.8. The fourth-order valence-corrected chi connectivity index (χ4v) is 2.51. The Labute approximate surface area is 139 Å². The Morgan fingerprint density at radius 3 is 2.58 bits per heavy atom. The van der Waals surface area contributed by atoms with E-state index in [2.05, 4.69) is 11.4 Å². The molecular formula is C19H17FN2O2. The molecule has 0 heterocycles. The summed E-state index contributed by atoms with van der Waals surface area (Å²) in [5.41, 5.74) is 2.34. The number of halogens is 1. The molecule has 2 aromatic carbocycles. The molecular weight excluding hydrogens is 307 g/mol. The van der Waals surface area contributed by atoms with Crippen LogP contribution in [0.15, 0.2) is 42.5 Å². The maximum Gasteiger partial charge on any atom is 0.211 e. The molecule has 1 amide bonds. The molecule has 0 saturated heterocycles. The minimum atomic E-state index is -0.494. The lowest BCUT2D eigenvalue weighted by atomic mass is 9.99. The van der Waals surface area contributed by atoms with Crippen molar-refractivity contribution in [2.45, 2.75) is 18.9 Å². The molecule has 3 rings (SSSR count). The Bertz CT molecular complexity index is 764. The van der Waals surface area contributed by atoms with Crippen molar-refractivity contribution in [1.29, 1.82) is 5.26 Å². The zero-order valence-corrected chi connectivity index (χ0v) is 13.0. The number of carbonyl (C=O) groups is 1. The summed E-state index contributed by atoms with van der Waals surface area (Å²) >= 11 is 0. The lowest BCUT2D eigenvalue weighted by Crippen LogP contribution is -2.10. The van der Waals surface area contributed by atoms with Crippen LogP contribution in [-0.2, 0) is 9.53 Å². The van der Waals surface area contributed by atoms with Gasteiger partial charge in [0, 0.05) is 0 Å². The van der Waals surface area contributed by atoms with E-state index in [1.54, 1.807) is 24.3 Å². The Hall–Kier alpha value is -2.71. The number of amides is 1. The number of rotatable bonds is 7. The van der Waals surface area contributed by atoms with Gasteiger partial charge in [-0.15, -0.1) is 0 Å². The maximum atomic E-state index is 13.7. The summed E-state index contributed by atoms with van der Waals surface area (Å²) in [7, 11) is 0. The number of anilines is 1. The van der Waals surface area contributed by atoms with E-state index >= 15 is 0 Å². The summed E-state index contributed by atoms with van der Waals surface area (Å²) in [6, 6.07) is 13.8. The van der Waals surface area contributed by atoms with Gasteiger partial charge in [0.2, 0.25) is 6.41 Å². The molecule has 0 aromatic heterocycles. The van der Waals surface area contributed by atoms with Crippen LogP contribution in [0.4, 0.5) is 10.1 Å². The van der Waals surface area contributed by atoms with Gasteiger partial charge < -0.3 is 10.1 Å². The highest BCUT2D eigenvalue weighted by Gasteiger charge is 2.25. The Morgan fingerprint density at radius 2 is 1.96 bits per heavy atom. The van der Waals surface area contributed by atoms with Crippen molar-refractivity contribution in [1.82, 2.24) is 0 Å². The van der Waals surface area contributed by atoms with Crippen molar-refractivity contribution in [3.63, 3.8) is 0 Å². The summed E-state index contributed by atoms with van der Waals surface area (Å²) in [4.78, 5) is 10.6. The summed E-state index contributed by atoms with van der Waals surface area (Å²) in [5.74, 6) is 0.0884. The number of benzene rings is 2. The summed E-state index contributed by atoms with van der Waals surface area (Å²) in [6.07, 6.45) is 2.42. The number of nitriles is 1. The molecule has 1 N–H and O–H groups in total. The van der Waals surface area contributed by atoms with Crippen LogP contribution in [-0.4, -0.2) is 13.0 Å². The maximum absolute atomic E-state index is 13.7. The fraction of sp³-hybridized carbons (Fsp3) is 0.263. The predicted octanol–water partition coefficient (Wildman–Crippen LogP) is 3.78. The predicted molar refractivity (Wildman–Crippen MR) is 87.8 cm³/mol. The highest BCUT2D eigenvalue weighted by molar-refractivity contribution is 5.72. The van der Waals surface area contributed by atoms with Crippen LogP contribution in [0.1, 0.15) is 35.6 Å². The molecule has 2 aromatic rings. The van der Waals surface area contributed by atoms with Gasteiger partial charge in [0.05, 0.1) is 23.9 Å². The van der Waals surface area contributed by atoms with Crippen LogP contribution >= 0.6 is 0 Å². The standard InChI is InChI=1S/C19H17FN2O2/c20-17-8-7-16(9-18(17)22-12-23)19(24-11-14-1-2-14)15-5-3-13(10-21)4-6-15/h3-9,12,14,19H,1-2,11H2,(H,22,23). The van der Waals surface area contributed by atoms with Crippen LogP contribution in [0.3, 0.4) is 0 Å². The van der Waals surface area contributed by atoms with Crippen molar-refractivity contribution in [3.8, 4) is 6.07 Å². The van der Waals surface area contributed by atoms with Gasteiger partial charge in [0.1, 0.15) is 11.9 Å². The lowest BCUT2D eigenvalue weighted by Gasteiger charge is -2.20. The second-order valence-corrected chi connectivity index (χ2v) is 5.89. The molecule has 0 bridgehead atoms. The minimum Gasteiger partial charge on any atom is -0.368 e. The quantitative estimate of drug-likeness (QED) is 0.788. The van der Waals surface area contributed by atoms with Gasteiger partial charge in [-0.2, -0.15) is 5.26 Å². The molecule has 1 atom stereocenters. The molecule has 1 unspecified atom stereocenters. The van der Waals surface area contributed by atoms with E-state index in [0.29, 0.717) is 24.5 Å². The Balaban J connectivity index is 1.92. The molecule has 0 aliphatic heterocycles. The van der Waals surface area contributed by atoms with Crippen molar-refractivity contribution < 1.29 is 13.9 Å². The largest absolute Gasteiger partial charge is 0.368 e. The topological polar surface area (TPSA) is 62.1 Å². The Kier molecular flexibility index (Phi) is 4.88. The molecule has 5 heteroatoms. The van der Waals surface area contributed by atoms with Gasteiger partial charge in [0.25, 0.3) is 0 Å². The third-order valence-electron chi connectivity index (χ3n) is 4.05. The van der Waals surface area contributed by atoms with Gasteiger partial charge in [-0.1, -0.05) is 18.2 Å². The summed E-state index contributed by atoms with van der Waals surface area (Å²) in [5, 5.41) is 11.3. The van der Waals surface area contributed by atoms with Crippen molar-refractivity contribution in [2.24, 2.45) is 5.92 Å². The van der Waals surface area contributed by atoms with E-state index in [0.717, 1.165) is 11.1 Å².